The Morgan fingerprint density at radius 2 is 1.77 bits per heavy atom. The Hall–Kier alpha value is 0.0969. The van der Waals surface area contributed by atoms with Crippen LogP contribution in [0.2, 0.25) is 6.04 Å². The summed E-state index contributed by atoms with van der Waals surface area (Å²) in [4.78, 5) is 0. The Morgan fingerprint density at radius 3 is 2.08 bits per heavy atom. The number of rotatable bonds is 7. The molecule has 0 bridgehead atoms. The summed E-state index contributed by atoms with van der Waals surface area (Å²) in [5.41, 5.74) is 0. The molecule has 4 heteroatoms. The van der Waals surface area contributed by atoms with E-state index in [1.165, 1.54) is 0 Å². The highest BCUT2D eigenvalue weighted by atomic mass is 28.2. The van der Waals surface area contributed by atoms with Crippen LogP contribution in [0, 0.1) is 5.92 Å². The summed E-state index contributed by atoms with van der Waals surface area (Å²) in [6, 6.07) is 1.16. The summed E-state index contributed by atoms with van der Waals surface area (Å²) in [6.07, 6.45) is 0.727. The van der Waals surface area contributed by atoms with Crippen LogP contribution in [-0.4, -0.2) is 30.0 Å². The highest BCUT2D eigenvalue weighted by Crippen LogP contribution is 2.17. The molecule has 0 heterocycles. The van der Waals surface area contributed by atoms with Gasteiger partial charge in [-0.3, -0.25) is 0 Å². The molecule has 0 aromatic rings. The molecule has 0 aliphatic heterocycles. The van der Waals surface area contributed by atoms with Crippen LogP contribution in [0.3, 0.4) is 0 Å². The second-order valence-corrected chi connectivity index (χ2v) is 4.75. The Balaban J connectivity index is 3.81. The van der Waals surface area contributed by atoms with Gasteiger partial charge in [-0.1, -0.05) is 20.8 Å². The van der Waals surface area contributed by atoms with E-state index in [9.17, 15) is 0 Å². The quantitative estimate of drug-likeness (QED) is 0.467. The van der Waals surface area contributed by atoms with Crippen LogP contribution >= 0.6 is 0 Å². The minimum absolute atomic E-state index is 0.523. The molecular weight excluding hydrogens is 184 g/mol. The molecule has 80 valence electrons. The number of hydrogen-bond acceptors (Lipinski definition) is 3. The van der Waals surface area contributed by atoms with Gasteiger partial charge in [0, 0.05) is 20.6 Å². The van der Waals surface area contributed by atoms with Crippen molar-refractivity contribution in [1.82, 2.24) is 0 Å². The maximum Gasteiger partial charge on any atom is 0.272 e. The predicted molar refractivity (Wildman–Crippen MR) is 56.3 cm³/mol. The first-order valence-corrected chi connectivity index (χ1v) is 6.42. The average Bonchev–Trinajstić information content (AvgIpc) is 2.13. The van der Waals surface area contributed by atoms with E-state index in [1.807, 2.05) is 6.92 Å². The molecule has 0 N–H and O–H groups in total. The van der Waals surface area contributed by atoms with Gasteiger partial charge in [0.05, 0.1) is 0 Å². The van der Waals surface area contributed by atoms with E-state index in [2.05, 4.69) is 13.8 Å². The lowest BCUT2D eigenvalue weighted by Gasteiger charge is -2.29. The number of ether oxygens (including phenoxy) is 2. The first-order valence-electron chi connectivity index (χ1n) is 4.84. The molecule has 0 saturated heterocycles. The fraction of sp³-hybridized carbons (Fsp3) is 1.00. The van der Waals surface area contributed by atoms with Crippen LogP contribution in [0.15, 0.2) is 0 Å². The van der Waals surface area contributed by atoms with Gasteiger partial charge in [0.1, 0.15) is 0 Å². The zero-order valence-electron chi connectivity index (χ0n) is 9.42. The molecule has 0 unspecified atom stereocenters. The van der Waals surface area contributed by atoms with Crippen LogP contribution in [-0.2, 0) is 13.9 Å². The number of methoxy groups -OCH3 is 2. The summed E-state index contributed by atoms with van der Waals surface area (Å²) in [5, 5.41) is 0. The molecule has 0 aromatic heterocycles. The molecule has 0 radical (unpaired) electrons. The maximum atomic E-state index is 5.68. The van der Waals surface area contributed by atoms with Gasteiger partial charge < -0.3 is 13.9 Å². The van der Waals surface area contributed by atoms with Gasteiger partial charge in [-0.15, -0.1) is 0 Å². The van der Waals surface area contributed by atoms with Crippen molar-refractivity contribution in [2.45, 2.75) is 39.2 Å². The van der Waals surface area contributed by atoms with Crippen molar-refractivity contribution in [3.05, 3.63) is 0 Å². The molecule has 0 aliphatic carbocycles. The monoisotopic (exact) mass is 206 g/mol. The van der Waals surface area contributed by atoms with E-state index in [1.54, 1.807) is 14.2 Å². The first-order chi connectivity index (χ1) is 6.10. The van der Waals surface area contributed by atoms with Crippen molar-refractivity contribution in [1.29, 1.82) is 0 Å². The molecule has 0 aromatic carbocycles. The van der Waals surface area contributed by atoms with E-state index in [0.29, 0.717) is 5.92 Å². The fourth-order valence-electron chi connectivity index (χ4n) is 1.04. The summed E-state index contributed by atoms with van der Waals surface area (Å²) in [5.74, 6) is -0.0730. The molecule has 0 spiro atoms. The molecular formula is C9H22O3Si. The molecule has 0 atom stereocenters. The third-order valence-electron chi connectivity index (χ3n) is 2.07. The third-order valence-corrected chi connectivity index (χ3v) is 4.11. The smallest absolute Gasteiger partial charge is 0.272 e. The van der Waals surface area contributed by atoms with Gasteiger partial charge in [-0.05, 0) is 12.0 Å². The summed E-state index contributed by atoms with van der Waals surface area (Å²) < 4.78 is 16.1. The highest BCUT2D eigenvalue weighted by Gasteiger charge is 2.27. The van der Waals surface area contributed by atoms with E-state index < -0.39 is 15.7 Å². The molecule has 3 nitrogen and oxygen atoms in total. The lowest BCUT2D eigenvalue weighted by molar-refractivity contribution is -0.324. The van der Waals surface area contributed by atoms with Crippen LogP contribution in [0.25, 0.3) is 0 Å². The Bertz CT molecular complexity index is 116. The maximum absolute atomic E-state index is 5.68. The Kier molecular flexibility index (Phi) is 6.58. The summed E-state index contributed by atoms with van der Waals surface area (Å²) in [6.45, 7) is 6.39. The zero-order chi connectivity index (χ0) is 10.3. The molecule has 13 heavy (non-hydrogen) atoms. The van der Waals surface area contributed by atoms with Crippen molar-refractivity contribution in [2.24, 2.45) is 5.92 Å². The second kappa shape index (κ2) is 6.54. The minimum atomic E-state index is -0.777. The molecule has 0 aliphatic rings. The largest absolute Gasteiger partial charge is 0.376 e. The Morgan fingerprint density at radius 1 is 1.23 bits per heavy atom. The third kappa shape index (κ3) is 4.76. The molecule has 0 fully saturated rings. The van der Waals surface area contributed by atoms with Crippen LogP contribution in [0.5, 0.6) is 0 Å². The fourth-order valence-corrected chi connectivity index (χ4v) is 2.38. The number of hydrogen-bond donors (Lipinski definition) is 0. The Labute approximate surface area is 83.7 Å². The van der Waals surface area contributed by atoms with Crippen LogP contribution < -0.4 is 0 Å². The van der Waals surface area contributed by atoms with Gasteiger partial charge in [-0.2, -0.15) is 0 Å². The molecule has 0 rings (SSSR count). The van der Waals surface area contributed by atoms with Crippen molar-refractivity contribution < 1.29 is 13.9 Å². The van der Waals surface area contributed by atoms with Gasteiger partial charge in [0.25, 0.3) is 5.97 Å². The second-order valence-electron chi connectivity index (χ2n) is 3.48. The SMILES string of the molecule is CCC(OC)(OC)O[SiH2]CC(C)C. The lowest BCUT2D eigenvalue weighted by Crippen LogP contribution is -2.37. The van der Waals surface area contributed by atoms with Crippen LogP contribution in [0.4, 0.5) is 0 Å². The standard InChI is InChI=1S/C9H22O3Si/c1-6-9(10-4,11-5)12-13-7-8(2)3/h8H,6-7,13H2,1-5H3. The van der Waals surface area contributed by atoms with Gasteiger partial charge >= 0.3 is 0 Å². The van der Waals surface area contributed by atoms with Crippen molar-refractivity contribution in [2.75, 3.05) is 14.2 Å². The summed E-state index contributed by atoms with van der Waals surface area (Å²) >= 11 is 0. The van der Waals surface area contributed by atoms with Crippen molar-refractivity contribution in [3.8, 4) is 0 Å². The van der Waals surface area contributed by atoms with E-state index in [0.717, 1.165) is 12.5 Å². The topological polar surface area (TPSA) is 27.7 Å². The average molecular weight is 206 g/mol. The summed E-state index contributed by atoms with van der Waals surface area (Å²) in [7, 11) is 2.72. The highest BCUT2D eigenvalue weighted by molar-refractivity contribution is 6.27. The van der Waals surface area contributed by atoms with Crippen molar-refractivity contribution >= 4 is 9.76 Å². The van der Waals surface area contributed by atoms with E-state index >= 15 is 0 Å². The van der Waals surface area contributed by atoms with Gasteiger partial charge in [-0.25, -0.2) is 0 Å². The normalized spacial score (nSPS) is 13.4. The van der Waals surface area contributed by atoms with E-state index in [4.69, 9.17) is 13.9 Å². The molecule has 0 amide bonds. The molecule has 0 saturated carbocycles. The minimum Gasteiger partial charge on any atom is -0.376 e. The van der Waals surface area contributed by atoms with Gasteiger partial charge in [0.15, 0.2) is 9.76 Å². The first kappa shape index (κ1) is 13.1. The predicted octanol–water partition coefficient (Wildman–Crippen LogP) is 1.52. The van der Waals surface area contributed by atoms with Crippen molar-refractivity contribution in [3.63, 3.8) is 0 Å². The lowest BCUT2D eigenvalue weighted by atomic mass is 10.3. The zero-order valence-corrected chi connectivity index (χ0v) is 10.8. The van der Waals surface area contributed by atoms with E-state index in [-0.39, 0.29) is 0 Å². The van der Waals surface area contributed by atoms with Crippen LogP contribution in [0.1, 0.15) is 27.2 Å². The van der Waals surface area contributed by atoms with Gasteiger partial charge in [0.2, 0.25) is 0 Å².